The molecule has 0 bridgehead atoms. The average molecular weight is 396 g/mol. The Morgan fingerprint density at radius 1 is 1.13 bits per heavy atom. The highest BCUT2D eigenvalue weighted by Crippen LogP contribution is 2.33. The second kappa shape index (κ2) is 7.95. The van der Waals surface area contributed by atoms with Gasteiger partial charge in [-0.1, -0.05) is 40.2 Å². The second-order valence-corrected chi connectivity index (χ2v) is 6.52. The molecule has 0 spiro atoms. The van der Waals surface area contributed by atoms with E-state index in [1.54, 1.807) is 0 Å². The van der Waals surface area contributed by atoms with Crippen molar-refractivity contribution in [1.29, 1.82) is 0 Å². The van der Waals surface area contributed by atoms with Gasteiger partial charge < -0.3 is 10.6 Å². The number of benzene rings is 2. The molecule has 1 aliphatic heterocycles. The molecule has 2 N–H and O–H groups in total. The lowest BCUT2D eigenvalue weighted by atomic mass is 10.0. The van der Waals surface area contributed by atoms with Gasteiger partial charge in [-0.05, 0) is 48.2 Å². The Bertz CT molecular complexity index is 658. The van der Waals surface area contributed by atoms with E-state index in [4.69, 9.17) is 5.73 Å². The fraction of sp³-hybridized carbons (Fsp3) is 0.278. The summed E-state index contributed by atoms with van der Waals surface area (Å²) in [5.41, 5.74) is 8.59. The molecule has 5 heteroatoms. The predicted octanol–water partition coefficient (Wildman–Crippen LogP) is 4.31. The highest BCUT2D eigenvalue weighted by molar-refractivity contribution is 9.10. The van der Waals surface area contributed by atoms with Gasteiger partial charge in [-0.15, -0.1) is 12.4 Å². The Morgan fingerprint density at radius 2 is 1.78 bits per heavy atom. The summed E-state index contributed by atoms with van der Waals surface area (Å²) in [6.45, 7) is 1.32. The van der Waals surface area contributed by atoms with Crippen LogP contribution in [0.2, 0.25) is 0 Å². The predicted molar refractivity (Wildman–Crippen MR) is 98.7 cm³/mol. The molecule has 23 heavy (non-hydrogen) atoms. The Balaban J connectivity index is 0.00000192. The van der Waals surface area contributed by atoms with E-state index in [0.717, 1.165) is 35.0 Å². The third kappa shape index (κ3) is 3.94. The van der Waals surface area contributed by atoms with Crippen molar-refractivity contribution in [2.45, 2.75) is 25.4 Å². The largest absolute Gasteiger partial charge is 0.332 e. The van der Waals surface area contributed by atoms with Crippen LogP contribution in [-0.2, 0) is 6.54 Å². The van der Waals surface area contributed by atoms with Crippen LogP contribution in [0.25, 0.3) is 0 Å². The van der Waals surface area contributed by atoms with Crippen molar-refractivity contribution in [2.24, 2.45) is 5.73 Å². The molecule has 3 nitrogen and oxygen atoms in total. The van der Waals surface area contributed by atoms with E-state index in [1.807, 2.05) is 41.3 Å². The summed E-state index contributed by atoms with van der Waals surface area (Å²) in [5.74, 6) is 0.106. The molecule has 2 aromatic carbocycles. The molecular weight excluding hydrogens is 376 g/mol. The topological polar surface area (TPSA) is 46.3 Å². The summed E-state index contributed by atoms with van der Waals surface area (Å²) in [7, 11) is 0. The highest BCUT2D eigenvalue weighted by Gasteiger charge is 2.30. The van der Waals surface area contributed by atoms with Crippen molar-refractivity contribution < 1.29 is 4.79 Å². The lowest BCUT2D eigenvalue weighted by molar-refractivity contribution is 0.0735. The molecule has 1 heterocycles. The number of carbonyl (C=O) groups is 1. The molecule has 0 aliphatic carbocycles. The van der Waals surface area contributed by atoms with Gasteiger partial charge in [0.25, 0.3) is 5.91 Å². The highest BCUT2D eigenvalue weighted by atomic mass is 79.9. The summed E-state index contributed by atoms with van der Waals surface area (Å²) < 4.78 is 1.06. The molecule has 0 aromatic heterocycles. The summed E-state index contributed by atoms with van der Waals surface area (Å²) in [4.78, 5) is 14.8. The average Bonchev–Trinajstić information content (AvgIpc) is 3.04. The first kappa shape index (κ1) is 18.0. The monoisotopic (exact) mass is 394 g/mol. The van der Waals surface area contributed by atoms with Crippen LogP contribution in [0.4, 0.5) is 0 Å². The van der Waals surface area contributed by atoms with Crippen LogP contribution in [0, 0.1) is 0 Å². The summed E-state index contributed by atoms with van der Waals surface area (Å²) in [5, 5.41) is 0. The van der Waals surface area contributed by atoms with Crippen LogP contribution in [-0.4, -0.2) is 17.4 Å². The number of amides is 1. The van der Waals surface area contributed by atoms with Crippen LogP contribution >= 0.6 is 28.3 Å². The van der Waals surface area contributed by atoms with E-state index in [2.05, 4.69) is 28.1 Å². The van der Waals surface area contributed by atoms with Crippen molar-refractivity contribution >= 4 is 34.2 Å². The van der Waals surface area contributed by atoms with E-state index in [-0.39, 0.29) is 24.4 Å². The quantitative estimate of drug-likeness (QED) is 0.842. The molecule has 0 radical (unpaired) electrons. The first-order chi connectivity index (χ1) is 10.7. The number of carbonyl (C=O) groups excluding carboxylic acids is 1. The van der Waals surface area contributed by atoms with Crippen LogP contribution in [0.15, 0.2) is 53.0 Å². The summed E-state index contributed by atoms with van der Waals surface area (Å²) >= 11 is 3.46. The van der Waals surface area contributed by atoms with Gasteiger partial charge in [0.1, 0.15) is 0 Å². The van der Waals surface area contributed by atoms with Crippen molar-refractivity contribution in [3.05, 3.63) is 69.7 Å². The zero-order valence-corrected chi connectivity index (χ0v) is 15.1. The maximum atomic E-state index is 12.8. The lowest BCUT2D eigenvalue weighted by Gasteiger charge is -2.25. The molecule has 1 unspecified atom stereocenters. The molecular formula is C18H20BrClN2O. The standard InChI is InChI=1S/C18H19BrN2O.ClH/c19-16-9-7-14(8-10-16)17-2-1-11-21(17)18(22)15-5-3-13(12-20)4-6-15;/h3-10,17H,1-2,11-12,20H2;1H. The van der Waals surface area contributed by atoms with Crippen molar-refractivity contribution in [3.63, 3.8) is 0 Å². The van der Waals surface area contributed by atoms with Crippen LogP contribution in [0.1, 0.15) is 40.4 Å². The van der Waals surface area contributed by atoms with E-state index in [9.17, 15) is 4.79 Å². The van der Waals surface area contributed by atoms with E-state index < -0.39 is 0 Å². The minimum atomic E-state index is 0. The number of nitrogens with zero attached hydrogens (tertiary/aromatic N) is 1. The smallest absolute Gasteiger partial charge is 0.254 e. The molecule has 1 fully saturated rings. The fourth-order valence-corrected chi connectivity index (χ4v) is 3.25. The first-order valence-electron chi connectivity index (χ1n) is 7.54. The van der Waals surface area contributed by atoms with E-state index in [1.165, 1.54) is 5.56 Å². The number of hydrogen-bond acceptors (Lipinski definition) is 2. The Kier molecular flexibility index (Phi) is 6.22. The maximum absolute atomic E-state index is 12.8. The first-order valence-corrected chi connectivity index (χ1v) is 8.34. The van der Waals surface area contributed by atoms with Gasteiger partial charge in [0.05, 0.1) is 6.04 Å². The van der Waals surface area contributed by atoms with Gasteiger partial charge in [-0.3, -0.25) is 4.79 Å². The lowest BCUT2D eigenvalue weighted by Crippen LogP contribution is -2.30. The Hall–Kier alpha value is -1.36. The van der Waals surface area contributed by atoms with E-state index >= 15 is 0 Å². The number of rotatable bonds is 3. The Morgan fingerprint density at radius 3 is 2.39 bits per heavy atom. The molecule has 3 rings (SSSR count). The SMILES string of the molecule is Cl.NCc1ccc(C(=O)N2CCCC2c2ccc(Br)cc2)cc1. The minimum absolute atomic E-state index is 0. The van der Waals surface area contributed by atoms with Gasteiger partial charge in [-0.2, -0.15) is 0 Å². The second-order valence-electron chi connectivity index (χ2n) is 5.61. The van der Waals surface area contributed by atoms with Crippen LogP contribution < -0.4 is 5.73 Å². The van der Waals surface area contributed by atoms with Crippen molar-refractivity contribution in [1.82, 2.24) is 4.90 Å². The van der Waals surface area contributed by atoms with Crippen LogP contribution in [0.5, 0.6) is 0 Å². The third-order valence-corrected chi connectivity index (χ3v) is 4.73. The van der Waals surface area contributed by atoms with E-state index in [0.29, 0.717) is 6.54 Å². The summed E-state index contributed by atoms with van der Waals surface area (Å²) in [6, 6.07) is 16.0. The summed E-state index contributed by atoms with van der Waals surface area (Å²) in [6.07, 6.45) is 2.07. The molecule has 2 aromatic rings. The minimum Gasteiger partial charge on any atom is -0.332 e. The molecule has 1 atom stereocenters. The number of likely N-dealkylation sites (tertiary alicyclic amines) is 1. The zero-order valence-electron chi connectivity index (χ0n) is 12.7. The van der Waals surface area contributed by atoms with Gasteiger partial charge in [-0.25, -0.2) is 0 Å². The molecule has 122 valence electrons. The molecule has 1 amide bonds. The van der Waals surface area contributed by atoms with Gasteiger partial charge >= 0.3 is 0 Å². The van der Waals surface area contributed by atoms with Crippen molar-refractivity contribution in [2.75, 3.05) is 6.54 Å². The molecule has 1 saturated heterocycles. The molecule has 1 aliphatic rings. The fourth-order valence-electron chi connectivity index (χ4n) is 2.99. The molecule has 0 saturated carbocycles. The van der Waals surface area contributed by atoms with Crippen molar-refractivity contribution in [3.8, 4) is 0 Å². The zero-order chi connectivity index (χ0) is 15.5. The number of nitrogens with two attached hydrogens (primary N) is 1. The normalized spacial score (nSPS) is 17.0. The number of halogens is 2. The van der Waals surface area contributed by atoms with Crippen LogP contribution in [0.3, 0.4) is 0 Å². The van der Waals surface area contributed by atoms with Gasteiger partial charge in [0.15, 0.2) is 0 Å². The Labute approximate surface area is 151 Å². The van der Waals surface area contributed by atoms with Gasteiger partial charge in [0.2, 0.25) is 0 Å². The third-order valence-electron chi connectivity index (χ3n) is 4.21. The maximum Gasteiger partial charge on any atom is 0.254 e. The number of hydrogen-bond donors (Lipinski definition) is 1. The van der Waals surface area contributed by atoms with Gasteiger partial charge in [0, 0.05) is 23.1 Å².